The van der Waals surface area contributed by atoms with Gasteiger partial charge in [0.2, 0.25) is 5.91 Å². The molecule has 0 aliphatic carbocycles. The molecule has 0 spiro atoms. The lowest BCUT2D eigenvalue weighted by Gasteiger charge is -2.44. The van der Waals surface area contributed by atoms with Gasteiger partial charge < -0.3 is 20.3 Å². The van der Waals surface area contributed by atoms with Crippen LogP contribution < -0.4 is 10.6 Å². The quantitative estimate of drug-likeness (QED) is 0.318. The Morgan fingerprint density at radius 3 is 2.38 bits per heavy atom. The van der Waals surface area contributed by atoms with E-state index in [4.69, 9.17) is 9.73 Å². The summed E-state index contributed by atoms with van der Waals surface area (Å²) in [6.45, 7) is 19.8. The van der Waals surface area contributed by atoms with Crippen molar-refractivity contribution in [3.8, 4) is 0 Å². The van der Waals surface area contributed by atoms with E-state index in [2.05, 4.69) is 50.2 Å². The summed E-state index contributed by atoms with van der Waals surface area (Å²) in [7, 11) is 0. The lowest BCUT2D eigenvalue weighted by Crippen LogP contribution is -2.56. The Morgan fingerprint density at radius 1 is 1.21 bits per heavy atom. The summed E-state index contributed by atoms with van der Waals surface area (Å²) in [5.41, 5.74) is -0.0377. The molecule has 2 N–H and O–H groups in total. The van der Waals surface area contributed by atoms with Crippen LogP contribution in [0.5, 0.6) is 0 Å². The Kier molecular flexibility index (Phi) is 10.7. The molecule has 170 valence electrons. The zero-order chi connectivity index (χ0) is 20.9. The summed E-state index contributed by atoms with van der Waals surface area (Å²) in [6.07, 6.45) is 1.47. The Labute approximate surface area is 194 Å². The minimum absolute atomic E-state index is 0. The maximum atomic E-state index is 12.2. The Hall–Kier alpha value is -0.610. The van der Waals surface area contributed by atoms with Crippen molar-refractivity contribution in [2.45, 2.75) is 78.7 Å². The molecule has 3 unspecified atom stereocenters. The smallest absolute Gasteiger partial charge is 0.225 e. The molecule has 0 aromatic carbocycles. The molecule has 2 fully saturated rings. The number of ether oxygens (including phenoxy) is 1. The number of carbonyl (C=O) groups excluding carboxylic acids is 1. The van der Waals surface area contributed by atoms with Gasteiger partial charge in [0.05, 0.1) is 18.8 Å². The van der Waals surface area contributed by atoms with Crippen LogP contribution in [-0.2, 0) is 9.53 Å². The lowest BCUT2D eigenvalue weighted by atomic mass is 10.0. The number of amides is 1. The number of likely N-dealkylation sites (tertiary alicyclic amines) is 1. The highest BCUT2D eigenvalue weighted by Gasteiger charge is 2.33. The standard InChI is InChI=1S/C21H41N5O2.HI/c1-8-22-20(24-18-9-10-25(13-18)19(27)15(2)3)23-14-21(6,7)26-11-16(4)28-17(5)12-26;/h15-18H,8-14H2,1-7H3,(H2,22,23,24);1H. The molecule has 0 radical (unpaired) electrons. The molecule has 0 bridgehead atoms. The first kappa shape index (κ1) is 26.4. The second kappa shape index (κ2) is 11.7. The molecule has 0 aromatic heterocycles. The van der Waals surface area contributed by atoms with E-state index in [-0.39, 0.29) is 59.6 Å². The fourth-order valence-electron chi connectivity index (χ4n) is 4.00. The molecule has 0 saturated carbocycles. The Bertz CT molecular complexity index is 545. The highest BCUT2D eigenvalue weighted by Crippen LogP contribution is 2.21. The van der Waals surface area contributed by atoms with Crippen molar-refractivity contribution in [1.29, 1.82) is 0 Å². The van der Waals surface area contributed by atoms with E-state index >= 15 is 0 Å². The van der Waals surface area contributed by atoms with Crippen LogP contribution in [0.3, 0.4) is 0 Å². The maximum absolute atomic E-state index is 12.2. The van der Waals surface area contributed by atoms with Gasteiger partial charge in [0.1, 0.15) is 0 Å². The van der Waals surface area contributed by atoms with Crippen LogP contribution in [0, 0.1) is 5.92 Å². The molecule has 1 amide bonds. The summed E-state index contributed by atoms with van der Waals surface area (Å²) in [5.74, 6) is 1.14. The average Bonchev–Trinajstić information content (AvgIpc) is 3.06. The van der Waals surface area contributed by atoms with Crippen molar-refractivity contribution >= 4 is 35.8 Å². The first-order valence-electron chi connectivity index (χ1n) is 10.9. The number of halogens is 1. The predicted octanol–water partition coefficient (Wildman–Crippen LogP) is 2.30. The molecule has 2 rings (SSSR count). The normalized spacial score (nSPS) is 26.4. The minimum atomic E-state index is -0.0377. The van der Waals surface area contributed by atoms with Crippen LogP contribution in [0.15, 0.2) is 4.99 Å². The number of guanidine groups is 1. The topological polar surface area (TPSA) is 69.2 Å². The highest BCUT2D eigenvalue weighted by atomic mass is 127. The number of nitrogens with zero attached hydrogens (tertiary/aromatic N) is 3. The van der Waals surface area contributed by atoms with Crippen LogP contribution in [-0.4, -0.2) is 84.7 Å². The minimum Gasteiger partial charge on any atom is -0.373 e. The van der Waals surface area contributed by atoms with Gasteiger partial charge in [-0.1, -0.05) is 13.8 Å². The van der Waals surface area contributed by atoms with E-state index in [1.54, 1.807) is 0 Å². The number of aliphatic imine (C=N–C) groups is 1. The first-order chi connectivity index (χ1) is 13.1. The molecular weight excluding hydrogens is 481 g/mol. The van der Waals surface area contributed by atoms with Gasteiger partial charge in [-0.3, -0.25) is 14.7 Å². The third kappa shape index (κ3) is 7.86. The van der Waals surface area contributed by atoms with Gasteiger partial charge in [-0.15, -0.1) is 24.0 Å². The second-order valence-corrected chi connectivity index (χ2v) is 9.24. The number of morpholine rings is 1. The second-order valence-electron chi connectivity index (χ2n) is 9.24. The van der Waals surface area contributed by atoms with Gasteiger partial charge in [-0.25, -0.2) is 0 Å². The first-order valence-corrected chi connectivity index (χ1v) is 10.9. The molecule has 3 atom stereocenters. The average molecular weight is 524 g/mol. The van der Waals surface area contributed by atoms with Crippen LogP contribution in [0.1, 0.15) is 54.9 Å². The van der Waals surface area contributed by atoms with Crippen molar-refractivity contribution in [3.05, 3.63) is 0 Å². The van der Waals surface area contributed by atoms with Crippen molar-refractivity contribution < 1.29 is 9.53 Å². The van der Waals surface area contributed by atoms with Crippen LogP contribution >= 0.6 is 24.0 Å². The van der Waals surface area contributed by atoms with E-state index in [1.165, 1.54) is 0 Å². The third-order valence-electron chi connectivity index (χ3n) is 5.58. The van der Waals surface area contributed by atoms with E-state index in [0.717, 1.165) is 45.1 Å². The molecule has 7 nitrogen and oxygen atoms in total. The molecule has 2 heterocycles. The maximum Gasteiger partial charge on any atom is 0.225 e. The van der Waals surface area contributed by atoms with Crippen LogP contribution in [0.25, 0.3) is 0 Å². The highest BCUT2D eigenvalue weighted by molar-refractivity contribution is 14.0. The summed E-state index contributed by atoms with van der Waals surface area (Å²) < 4.78 is 5.88. The monoisotopic (exact) mass is 523 g/mol. The number of nitrogens with one attached hydrogen (secondary N) is 2. The molecule has 8 heteroatoms. The molecule has 2 aliphatic rings. The van der Waals surface area contributed by atoms with Gasteiger partial charge in [0.15, 0.2) is 5.96 Å². The molecule has 29 heavy (non-hydrogen) atoms. The Morgan fingerprint density at radius 2 is 1.83 bits per heavy atom. The number of hydrogen-bond donors (Lipinski definition) is 2. The van der Waals surface area contributed by atoms with Crippen molar-refractivity contribution in [3.63, 3.8) is 0 Å². The van der Waals surface area contributed by atoms with Crippen molar-refractivity contribution in [2.24, 2.45) is 10.9 Å². The van der Waals surface area contributed by atoms with Gasteiger partial charge in [-0.2, -0.15) is 0 Å². The predicted molar refractivity (Wildman–Crippen MR) is 130 cm³/mol. The zero-order valence-corrected chi connectivity index (χ0v) is 21.7. The summed E-state index contributed by atoms with van der Waals surface area (Å²) in [6, 6.07) is 0.257. The van der Waals surface area contributed by atoms with Gasteiger partial charge in [0, 0.05) is 50.2 Å². The van der Waals surface area contributed by atoms with Gasteiger partial charge in [-0.05, 0) is 41.0 Å². The number of hydrogen-bond acceptors (Lipinski definition) is 4. The summed E-state index contributed by atoms with van der Waals surface area (Å²) in [4.78, 5) is 21.6. The van der Waals surface area contributed by atoms with Crippen molar-refractivity contribution in [2.75, 3.05) is 39.3 Å². The van der Waals surface area contributed by atoms with E-state index in [9.17, 15) is 4.79 Å². The summed E-state index contributed by atoms with van der Waals surface area (Å²) >= 11 is 0. The van der Waals surface area contributed by atoms with Crippen LogP contribution in [0.4, 0.5) is 0 Å². The van der Waals surface area contributed by atoms with E-state index < -0.39 is 0 Å². The fourth-order valence-corrected chi connectivity index (χ4v) is 4.00. The van der Waals surface area contributed by atoms with Crippen molar-refractivity contribution in [1.82, 2.24) is 20.4 Å². The Balaban J connectivity index is 0.00000420. The van der Waals surface area contributed by atoms with E-state index in [1.807, 2.05) is 18.7 Å². The van der Waals surface area contributed by atoms with Crippen LogP contribution in [0.2, 0.25) is 0 Å². The fraction of sp³-hybridized carbons (Fsp3) is 0.905. The van der Waals surface area contributed by atoms with Gasteiger partial charge >= 0.3 is 0 Å². The largest absolute Gasteiger partial charge is 0.373 e. The van der Waals surface area contributed by atoms with Gasteiger partial charge in [0.25, 0.3) is 0 Å². The lowest BCUT2D eigenvalue weighted by molar-refractivity contribution is -0.133. The number of rotatable bonds is 6. The third-order valence-corrected chi connectivity index (χ3v) is 5.58. The van der Waals surface area contributed by atoms with E-state index in [0.29, 0.717) is 6.54 Å². The SMILES string of the molecule is CCNC(=NCC(C)(C)N1CC(C)OC(C)C1)NC1CCN(C(=O)C(C)C)C1.I. The zero-order valence-electron chi connectivity index (χ0n) is 19.3. The summed E-state index contributed by atoms with van der Waals surface area (Å²) in [5, 5.41) is 6.90. The molecule has 2 saturated heterocycles. The molecule has 0 aromatic rings. The number of carbonyl (C=O) groups is 1. The molecule has 2 aliphatic heterocycles. The molecular formula is C21H42IN5O2.